The van der Waals surface area contributed by atoms with E-state index in [0.29, 0.717) is 17.4 Å². The Kier molecular flexibility index (Phi) is 5.22. The first kappa shape index (κ1) is 16.1. The molecule has 1 aromatic carbocycles. The SMILES string of the molecule is CCOc1ccc(NC(=O)/C=C/c2c(C)nn(C)c2Cl)cc1. The van der Waals surface area contributed by atoms with Crippen LogP contribution >= 0.6 is 11.6 Å². The highest BCUT2D eigenvalue weighted by Crippen LogP contribution is 2.20. The number of rotatable bonds is 5. The Labute approximate surface area is 134 Å². The van der Waals surface area contributed by atoms with Gasteiger partial charge in [-0.1, -0.05) is 11.6 Å². The van der Waals surface area contributed by atoms with Crippen LogP contribution in [-0.2, 0) is 11.8 Å². The van der Waals surface area contributed by atoms with Gasteiger partial charge in [0.15, 0.2) is 0 Å². The smallest absolute Gasteiger partial charge is 0.248 e. The number of halogens is 1. The number of hydrogen-bond donors (Lipinski definition) is 1. The number of nitrogens with one attached hydrogen (secondary N) is 1. The van der Waals surface area contributed by atoms with Crippen molar-refractivity contribution in [2.24, 2.45) is 7.05 Å². The van der Waals surface area contributed by atoms with Gasteiger partial charge in [0.25, 0.3) is 0 Å². The van der Waals surface area contributed by atoms with Gasteiger partial charge in [-0.05, 0) is 44.2 Å². The molecule has 0 unspecified atom stereocenters. The first-order valence-corrected chi connectivity index (χ1v) is 7.30. The van der Waals surface area contributed by atoms with Crippen molar-refractivity contribution in [3.8, 4) is 5.75 Å². The van der Waals surface area contributed by atoms with Crippen molar-refractivity contribution in [3.63, 3.8) is 0 Å². The Bertz CT molecular complexity index is 690. The first-order valence-electron chi connectivity index (χ1n) is 6.92. The molecule has 2 aromatic rings. The molecule has 0 spiro atoms. The van der Waals surface area contributed by atoms with E-state index in [1.54, 1.807) is 29.9 Å². The third kappa shape index (κ3) is 3.89. The summed E-state index contributed by atoms with van der Waals surface area (Å²) in [6.45, 7) is 4.38. The fraction of sp³-hybridized carbons (Fsp3) is 0.250. The van der Waals surface area contributed by atoms with Crippen LogP contribution in [0.5, 0.6) is 5.75 Å². The molecule has 0 atom stereocenters. The minimum absolute atomic E-state index is 0.233. The van der Waals surface area contributed by atoms with E-state index in [1.807, 2.05) is 26.0 Å². The standard InChI is InChI=1S/C16H18ClN3O2/c1-4-22-13-7-5-12(6-8-13)18-15(21)10-9-14-11(2)19-20(3)16(14)17/h5-10H,4H2,1-3H3,(H,18,21)/b10-9+. The largest absolute Gasteiger partial charge is 0.494 e. The maximum atomic E-state index is 11.9. The van der Waals surface area contributed by atoms with E-state index >= 15 is 0 Å². The zero-order valence-corrected chi connectivity index (χ0v) is 13.5. The van der Waals surface area contributed by atoms with E-state index in [-0.39, 0.29) is 5.91 Å². The number of aryl methyl sites for hydroxylation is 2. The second kappa shape index (κ2) is 7.13. The third-order valence-corrected chi connectivity index (χ3v) is 3.48. The molecule has 116 valence electrons. The van der Waals surface area contributed by atoms with Crippen molar-refractivity contribution < 1.29 is 9.53 Å². The Morgan fingerprint density at radius 1 is 1.41 bits per heavy atom. The lowest BCUT2D eigenvalue weighted by Crippen LogP contribution is -2.07. The highest BCUT2D eigenvalue weighted by Gasteiger charge is 2.08. The normalized spacial score (nSPS) is 10.9. The van der Waals surface area contributed by atoms with Gasteiger partial charge >= 0.3 is 0 Å². The molecule has 0 fully saturated rings. The zero-order chi connectivity index (χ0) is 16.1. The number of carbonyl (C=O) groups is 1. The molecule has 0 saturated heterocycles. The number of amides is 1. The summed E-state index contributed by atoms with van der Waals surface area (Å²) in [4.78, 5) is 11.9. The Hall–Kier alpha value is -2.27. The maximum absolute atomic E-state index is 11.9. The van der Waals surface area contributed by atoms with E-state index in [9.17, 15) is 4.79 Å². The summed E-state index contributed by atoms with van der Waals surface area (Å²) >= 11 is 6.11. The number of carbonyl (C=O) groups excluding carboxylic acids is 1. The lowest BCUT2D eigenvalue weighted by atomic mass is 10.2. The quantitative estimate of drug-likeness (QED) is 0.859. The van der Waals surface area contributed by atoms with Crippen molar-refractivity contribution >= 4 is 29.3 Å². The van der Waals surface area contributed by atoms with Gasteiger partial charge < -0.3 is 10.1 Å². The highest BCUT2D eigenvalue weighted by atomic mass is 35.5. The lowest BCUT2D eigenvalue weighted by molar-refractivity contribution is -0.111. The van der Waals surface area contributed by atoms with Crippen LogP contribution in [0, 0.1) is 6.92 Å². The second-order valence-electron chi connectivity index (χ2n) is 4.69. The van der Waals surface area contributed by atoms with Crippen LogP contribution in [0.3, 0.4) is 0 Å². The molecule has 5 nitrogen and oxygen atoms in total. The molecule has 0 aliphatic rings. The minimum atomic E-state index is -0.233. The number of aromatic nitrogens is 2. The van der Waals surface area contributed by atoms with E-state index in [2.05, 4.69) is 10.4 Å². The van der Waals surface area contributed by atoms with Crippen LogP contribution in [0.4, 0.5) is 5.69 Å². The number of nitrogens with zero attached hydrogens (tertiary/aromatic N) is 2. The monoisotopic (exact) mass is 319 g/mol. The average Bonchev–Trinajstić information content (AvgIpc) is 2.72. The van der Waals surface area contributed by atoms with Crippen LogP contribution < -0.4 is 10.1 Å². The summed E-state index contributed by atoms with van der Waals surface area (Å²) in [5.41, 5.74) is 2.22. The summed E-state index contributed by atoms with van der Waals surface area (Å²) in [5, 5.41) is 7.47. The van der Waals surface area contributed by atoms with Crippen molar-refractivity contribution in [1.82, 2.24) is 9.78 Å². The van der Waals surface area contributed by atoms with Crippen LogP contribution in [-0.4, -0.2) is 22.3 Å². The predicted molar refractivity (Wildman–Crippen MR) is 88.2 cm³/mol. The summed E-state index contributed by atoms with van der Waals surface area (Å²) in [7, 11) is 1.76. The minimum Gasteiger partial charge on any atom is -0.494 e. The van der Waals surface area contributed by atoms with E-state index in [1.165, 1.54) is 6.08 Å². The van der Waals surface area contributed by atoms with Gasteiger partial charge in [-0.3, -0.25) is 9.48 Å². The van der Waals surface area contributed by atoms with Gasteiger partial charge in [0, 0.05) is 24.4 Å². The summed E-state index contributed by atoms with van der Waals surface area (Å²) in [6.07, 6.45) is 3.10. The molecule has 1 N–H and O–H groups in total. The Morgan fingerprint density at radius 2 is 2.09 bits per heavy atom. The molecule has 0 saturated carbocycles. The molecule has 6 heteroatoms. The van der Waals surface area contributed by atoms with Gasteiger partial charge in [0.05, 0.1) is 12.3 Å². The van der Waals surface area contributed by atoms with Crippen LogP contribution in [0.2, 0.25) is 5.15 Å². The van der Waals surface area contributed by atoms with Gasteiger partial charge in [-0.15, -0.1) is 0 Å². The number of ether oxygens (including phenoxy) is 1. The molecule has 0 bridgehead atoms. The summed E-state index contributed by atoms with van der Waals surface area (Å²) in [6, 6.07) is 7.20. The molecule has 0 radical (unpaired) electrons. The molecule has 0 aliphatic carbocycles. The molecule has 1 aromatic heterocycles. The summed E-state index contributed by atoms with van der Waals surface area (Å²) < 4.78 is 6.92. The molecule has 1 amide bonds. The molecular formula is C16H18ClN3O2. The molecule has 22 heavy (non-hydrogen) atoms. The van der Waals surface area contributed by atoms with Crippen molar-refractivity contribution in [1.29, 1.82) is 0 Å². The Morgan fingerprint density at radius 3 is 2.64 bits per heavy atom. The lowest BCUT2D eigenvalue weighted by Gasteiger charge is -2.05. The fourth-order valence-corrected chi connectivity index (χ4v) is 2.22. The maximum Gasteiger partial charge on any atom is 0.248 e. The number of benzene rings is 1. The molecule has 2 rings (SSSR count). The Balaban J connectivity index is 2.01. The molecular weight excluding hydrogens is 302 g/mol. The van der Waals surface area contributed by atoms with Gasteiger partial charge in [-0.25, -0.2) is 0 Å². The van der Waals surface area contributed by atoms with Gasteiger partial charge in [0.1, 0.15) is 10.9 Å². The van der Waals surface area contributed by atoms with Gasteiger partial charge in [-0.2, -0.15) is 5.10 Å². The van der Waals surface area contributed by atoms with Crippen molar-refractivity contribution in [2.45, 2.75) is 13.8 Å². The van der Waals surface area contributed by atoms with E-state index in [4.69, 9.17) is 16.3 Å². The van der Waals surface area contributed by atoms with E-state index < -0.39 is 0 Å². The van der Waals surface area contributed by atoms with Crippen molar-refractivity contribution in [2.75, 3.05) is 11.9 Å². The first-order chi connectivity index (χ1) is 10.5. The van der Waals surface area contributed by atoms with Crippen LogP contribution in [0.1, 0.15) is 18.2 Å². The predicted octanol–water partition coefficient (Wildman–Crippen LogP) is 3.43. The molecule has 1 heterocycles. The fourth-order valence-electron chi connectivity index (χ4n) is 1.98. The highest BCUT2D eigenvalue weighted by molar-refractivity contribution is 6.31. The number of hydrogen-bond acceptors (Lipinski definition) is 3. The van der Waals surface area contributed by atoms with Crippen LogP contribution in [0.25, 0.3) is 6.08 Å². The van der Waals surface area contributed by atoms with Crippen molar-refractivity contribution in [3.05, 3.63) is 46.8 Å². The van der Waals surface area contributed by atoms with E-state index in [0.717, 1.165) is 17.0 Å². The molecule has 0 aliphatic heterocycles. The summed E-state index contributed by atoms with van der Waals surface area (Å²) in [5.74, 6) is 0.539. The second-order valence-corrected chi connectivity index (χ2v) is 5.05. The van der Waals surface area contributed by atoms with Gasteiger partial charge in [0.2, 0.25) is 5.91 Å². The third-order valence-electron chi connectivity index (χ3n) is 3.03. The van der Waals surface area contributed by atoms with Crippen LogP contribution in [0.15, 0.2) is 30.3 Å². The average molecular weight is 320 g/mol. The topological polar surface area (TPSA) is 56.1 Å². The number of anilines is 1. The zero-order valence-electron chi connectivity index (χ0n) is 12.8.